The van der Waals surface area contributed by atoms with Gasteiger partial charge in [-0.05, 0) is 17.4 Å². The molecule has 1 rings (SSSR count). The Morgan fingerprint density at radius 2 is 1.80 bits per heavy atom. The monoisotopic (exact) mass is 174 g/mol. The first-order chi connectivity index (χ1) is 4.79. The Morgan fingerprint density at radius 1 is 1.30 bits per heavy atom. The summed E-state index contributed by atoms with van der Waals surface area (Å²) in [5.41, 5.74) is 1.40. The molecule has 58 valence electrons. The Hall–Kier alpha value is 0.440. The molecule has 0 aromatic rings. The summed E-state index contributed by atoms with van der Waals surface area (Å²) in [5.74, 6) is 5.87. The molecule has 0 spiro atoms. The van der Waals surface area contributed by atoms with Crippen molar-refractivity contribution in [1.29, 1.82) is 0 Å². The highest BCUT2D eigenvalue weighted by Crippen LogP contribution is 2.22. The molecule has 0 aromatic heterocycles. The third-order valence-electron chi connectivity index (χ3n) is 1.42. The van der Waals surface area contributed by atoms with Gasteiger partial charge >= 0.3 is 0 Å². The van der Waals surface area contributed by atoms with Gasteiger partial charge < -0.3 is 0 Å². The highest BCUT2D eigenvalue weighted by molar-refractivity contribution is 8.01. The van der Waals surface area contributed by atoms with E-state index in [9.17, 15) is 0 Å². The van der Waals surface area contributed by atoms with Crippen LogP contribution in [0.15, 0.2) is 12.2 Å². The van der Waals surface area contributed by atoms with Crippen LogP contribution in [-0.2, 0) is 0 Å². The molecule has 1 fully saturated rings. The predicted octanol–water partition coefficient (Wildman–Crippen LogP) is 2.66. The molecule has 0 aromatic carbocycles. The van der Waals surface area contributed by atoms with Crippen LogP contribution in [0.2, 0.25) is 0 Å². The average molecular weight is 174 g/mol. The SMILES string of the molecule is C=C1CSCC(C)CSC1. The summed E-state index contributed by atoms with van der Waals surface area (Å²) in [4.78, 5) is 0. The van der Waals surface area contributed by atoms with Crippen molar-refractivity contribution in [3.05, 3.63) is 12.2 Å². The number of thioether (sulfide) groups is 2. The molecule has 0 N–H and O–H groups in total. The van der Waals surface area contributed by atoms with E-state index in [2.05, 4.69) is 13.5 Å². The summed E-state index contributed by atoms with van der Waals surface area (Å²) >= 11 is 4.06. The second-order valence-electron chi connectivity index (χ2n) is 2.89. The molecule has 0 bridgehead atoms. The van der Waals surface area contributed by atoms with Crippen LogP contribution in [0.4, 0.5) is 0 Å². The normalized spacial score (nSPS) is 23.9. The van der Waals surface area contributed by atoms with Crippen LogP contribution < -0.4 is 0 Å². The summed E-state index contributed by atoms with van der Waals surface area (Å²) < 4.78 is 0. The van der Waals surface area contributed by atoms with Crippen LogP contribution in [0, 0.1) is 5.92 Å². The van der Waals surface area contributed by atoms with Gasteiger partial charge in [0.1, 0.15) is 0 Å². The van der Waals surface area contributed by atoms with Gasteiger partial charge in [-0.1, -0.05) is 19.1 Å². The molecule has 0 radical (unpaired) electrons. The molecule has 2 heteroatoms. The first kappa shape index (κ1) is 8.54. The minimum atomic E-state index is 0.892. The molecular formula is C8H14S2. The molecule has 0 aliphatic carbocycles. The molecule has 10 heavy (non-hydrogen) atoms. The Balaban J connectivity index is 2.27. The van der Waals surface area contributed by atoms with Crippen LogP contribution in [0.5, 0.6) is 0 Å². The van der Waals surface area contributed by atoms with Gasteiger partial charge in [-0.2, -0.15) is 23.5 Å². The van der Waals surface area contributed by atoms with E-state index in [4.69, 9.17) is 0 Å². The standard InChI is InChI=1S/C8H14S2/c1-7-3-9-5-8(2)6-10-4-7/h8H,1,3-6H2,2H3. The number of hydrogen-bond acceptors (Lipinski definition) is 2. The van der Waals surface area contributed by atoms with E-state index in [1.807, 2.05) is 23.5 Å². The summed E-state index contributed by atoms with van der Waals surface area (Å²) in [6.07, 6.45) is 0. The lowest BCUT2D eigenvalue weighted by Crippen LogP contribution is -2.07. The summed E-state index contributed by atoms with van der Waals surface area (Å²) in [5, 5.41) is 0. The molecule has 0 unspecified atom stereocenters. The zero-order chi connectivity index (χ0) is 7.40. The lowest BCUT2D eigenvalue weighted by Gasteiger charge is -2.15. The van der Waals surface area contributed by atoms with Crippen molar-refractivity contribution in [2.24, 2.45) is 5.92 Å². The summed E-state index contributed by atoms with van der Waals surface area (Å²) in [6, 6.07) is 0. The molecule has 0 amide bonds. The fourth-order valence-electron chi connectivity index (χ4n) is 0.899. The van der Waals surface area contributed by atoms with Gasteiger partial charge in [0.15, 0.2) is 0 Å². The quantitative estimate of drug-likeness (QED) is 0.518. The maximum absolute atomic E-state index is 4.00. The lowest BCUT2D eigenvalue weighted by atomic mass is 10.3. The van der Waals surface area contributed by atoms with Crippen molar-refractivity contribution in [2.45, 2.75) is 6.92 Å². The van der Waals surface area contributed by atoms with Crippen molar-refractivity contribution >= 4 is 23.5 Å². The van der Waals surface area contributed by atoms with Crippen LogP contribution >= 0.6 is 23.5 Å². The van der Waals surface area contributed by atoms with E-state index in [-0.39, 0.29) is 0 Å². The van der Waals surface area contributed by atoms with Gasteiger partial charge in [0.25, 0.3) is 0 Å². The van der Waals surface area contributed by atoms with Gasteiger partial charge in [0.05, 0.1) is 0 Å². The second-order valence-corrected chi connectivity index (χ2v) is 4.95. The minimum Gasteiger partial charge on any atom is -0.157 e. The fraction of sp³-hybridized carbons (Fsp3) is 0.750. The fourth-order valence-corrected chi connectivity index (χ4v) is 3.23. The Morgan fingerprint density at radius 3 is 2.30 bits per heavy atom. The molecule has 0 atom stereocenters. The van der Waals surface area contributed by atoms with Gasteiger partial charge in [-0.25, -0.2) is 0 Å². The maximum Gasteiger partial charge on any atom is 0.0148 e. The highest BCUT2D eigenvalue weighted by Gasteiger charge is 2.07. The van der Waals surface area contributed by atoms with E-state index in [1.54, 1.807) is 0 Å². The molecule has 1 saturated heterocycles. The Bertz CT molecular complexity index is 108. The van der Waals surface area contributed by atoms with Crippen LogP contribution in [-0.4, -0.2) is 23.0 Å². The van der Waals surface area contributed by atoms with Crippen molar-refractivity contribution in [3.8, 4) is 0 Å². The van der Waals surface area contributed by atoms with Crippen molar-refractivity contribution in [3.63, 3.8) is 0 Å². The third kappa shape index (κ3) is 3.02. The Labute approximate surface area is 71.8 Å². The number of hydrogen-bond donors (Lipinski definition) is 0. The van der Waals surface area contributed by atoms with Gasteiger partial charge in [0, 0.05) is 11.5 Å². The highest BCUT2D eigenvalue weighted by atomic mass is 32.2. The van der Waals surface area contributed by atoms with E-state index < -0.39 is 0 Å². The second kappa shape index (κ2) is 4.35. The topological polar surface area (TPSA) is 0 Å². The van der Waals surface area contributed by atoms with Crippen LogP contribution in [0.3, 0.4) is 0 Å². The maximum atomic E-state index is 4.00. The zero-order valence-corrected chi connectivity index (χ0v) is 8.06. The Kier molecular flexibility index (Phi) is 3.71. The van der Waals surface area contributed by atoms with Gasteiger partial charge in [-0.3, -0.25) is 0 Å². The summed E-state index contributed by atoms with van der Waals surface area (Å²) in [7, 11) is 0. The molecule has 1 aliphatic rings. The van der Waals surface area contributed by atoms with E-state index >= 15 is 0 Å². The van der Waals surface area contributed by atoms with E-state index in [0.717, 1.165) is 5.92 Å². The largest absolute Gasteiger partial charge is 0.157 e. The summed E-state index contributed by atoms with van der Waals surface area (Å²) in [6.45, 7) is 6.33. The number of rotatable bonds is 0. The third-order valence-corrected chi connectivity index (χ3v) is 4.25. The molecule has 0 saturated carbocycles. The van der Waals surface area contributed by atoms with E-state index in [1.165, 1.54) is 28.6 Å². The van der Waals surface area contributed by atoms with Crippen LogP contribution in [0.1, 0.15) is 6.92 Å². The lowest BCUT2D eigenvalue weighted by molar-refractivity contribution is 0.763. The average Bonchev–Trinajstić information content (AvgIpc) is 1.84. The molecular weight excluding hydrogens is 160 g/mol. The zero-order valence-electron chi connectivity index (χ0n) is 6.43. The molecule has 1 aliphatic heterocycles. The van der Waals surface area contributed by atoms with Gasteiger partial charge in [-0.15, -0.1) is 0 Å². The smallest absolute Gasteiger partial charge is 0.0148 e. The first-order valence-corrected chi connectivity index (χ1v) is 5.92. The van der Waals surface area contributed by atoms with Crippen molar-refractivity contribution < 1.29 is 0 Å². The molecule has 1 heterocycles. The van der Waals surface area contributed by atoms with Crippen molar-refractivity contribution in [1.82, 2.24) is 0 Å². The molecule has 0 nitrogen and oxygen atoms in total. The van der Waals surface area contributed by atoms with E-state index in [0.29, 0.717) is 0 Å². The van der Waals surface area contributed by atoms with Crippen LogP contribution in [0.25, 0.3) is 0 Å². The minimum absolute atomic E-state index is 0.892. The van der Waals surface area contributed by atoms with Gasteiger partial charge in [0.2, 0.25) is 0 Å². The van der Waals surface area contributed by atoms with Crippen molar-refractivity contribution in [2.75, 3.05) is 23.0 Å². The first-order valence-electron chi connectivity index (χ1n) is 3.61. The predicted molar refractivity (Wildman–Crippen MR) is 53.0 cm³/mol.